The molecule has 19 heavy (non-hydrogen) atoms. The van der Waals surface area contributed by atoms with E-state index in [1.54, 1.807) is 0 Å². The second-order valence-corrected chi connectivity index (χ2v) is 6.39. The monoisotopic (exact) mass is 258 g/mol. The van der Waals surface area contributed by atoms with E-state index in [0.29, 0.717) is 0 Å². The highest BCUT2D eigenvalue weighted by atomic mass is 15.1. The minimum atomic E-state index is 0.892. The molecule has 0 radical (unpaired) electrons. The quantitative estimate of drug-likeness (QED) is 0.843. The molecular weight excluding hydrogens is 232 g/mol. The topological polar surface area (TPSA) is 29.3 Å². The summed E-state index contributed by atoms with van der Waals surface area (Å²) >= 11 is 0. The standard InChI is InChI=1S/C17H26N2/c18-17-7-3-4-14(12-17)8-10-19-11-9-15-5-1-2-6-16(15)13-19/h3-4,7,12,15-16H,1-2,5-6,8-11,13,18H2. The molecule has 1 heterocycles. The molecule has 2 unspecified atom stereocenters. The Hall–Kier alpha value is -1.02. The molecule has 1 saturated carbocycles. The summed E-state index contributed by atoms with van der Waals surface area (Å²) in [5.74, 6) is 2.03. The molecule has 1 saturated heterocycles. The van der Waals surface area contributed by atoms with Crippen molar-refractivity contribution >= 4 is 5.69 Å². The largest absolute Gasteiger partial charge is 0.399 e. The maximum absolute atomic E-state index is 5.84. The van der Waals surface area contributed by atoms with Gasteiger partial charge < -0.3 is 10.6 Å². The molecule has 1 aromatic carbocycles. The van der Waals surface area contributed by atoms with E-state index < -0.39 is 0 Å². The van der Waals surface area contributed by atoms with Crippen LogP contribution in [0.3, 0.4) is 0 Å². The number of nitrogen functional groups attached to an aromatic ring is 1. The zero-order chi connectivity index (χ0) is 13.1. The fourth-order valence-corrected chi connectivity index (χ4v) is 3.92. The van der Waals surface area contributed by atoms with Gasteiger partial charge >= 0.3 is 0 Å². The average Bonchev–Trinajstić information content (AvgIpc) is 2.45. The predicted molar refractivity (Wildman–Crippen MR) is 81.1 cm³/mol. The first-order valence-electron chi connectivity index (χ1n) is 7.88. The van der Waals surface area contributed by atoms with Crippen molar-refractivity contribution in [3.8, 4) is 0 Å². The number of nitrogens with two attached hydrogens (primary N) is 1. The Morgan fingerprint density at radius 2 is 1.95 bits per heavy atom. The molecule has 1 aromatic rings. The van der Waals surface area contributed by atoms with Crippen LogP contribution in [0.5, 0.6) is 0 Å². The van der Waals surface area contributed by atoms with Gasteiger partial charge in [-0.1, -0.05) is 31.4 Å². The van der Waals surface area contributed by atoms with Gasteiger partial charge in [0.25, 0.3) is 0 Å². The predicted octanol–water partition coefficient (Wildman–Crippen LogP) is 3.32. The molecule has 1 aliphatic heterocycles. The van der Waals surface area contributed by atoms with E-state index in [2.05, 4.69) is 23.1 Å². The summed E-state index contributed by atoms with van der Waals surface area (Å²) in [7, 11) is 0. The molecule has 0 amide bonds. The Morgan fingerprint density at radius 3 is 2.79 bits per heavy atom. The van der Waals surface area contributed by atoms with Gasteiger partial charge in [-0.05, 0) is 55.3 Å². The lowest BCUT2D eigenvalue weighted by atomic mass is 9.75. The van der Waals surface area contributed by atoms with Crippen LogP contribution in [0.2, 0.25) is 0 Å². The Morgan fingerprint density at radius 1 is 1.11 bits per heavy atom. The normalized spacial score (nSPS) is 28.0. The van der Waals surface area contributed by atoms with Crippen LogP contribution in [-0.4, -0.2) is 24.5 Å². The lowest BCUT2D eigenvalue weighted by molar-refractivity contribution is 0.0878. The molecule has 0 bridgehead atoms. The van der Waals surface area contributed by atoms with Crippen molar-refractivity contribution in [3.05, 3.63) is 29.8 Å². The molecule has 2 N–H and O–H groups in total. The first-order valence-corrected chi connectivity index (χ1v) is 7.88. The molecule has 2 heteroatoms. The average molecular weight is 258 g/mol. The van der Waals surface area contributed by atoms with Crippen molar-refractivity contribution in [1.82, 2.24) is 4.90 Å². The summed E-state index contributed by atoms with van der Waals surface area (Å²) < 4.78 is 0. The highest BCUT2D eigenvalue weighted by molar-refractivity contribution is 5.40. The third-order valence-corrected chi connectivity index (χ3v) is 5.04. The van der Waals surface area contributed by atoms with E-state index in [1.165, 1.54) is 57.3 Å². The summed E-state index contributed by atoms with van der Waals surface area (Å²) in [6.07, 6.45) is 8.48. The number of fused-ring (bicyclic) bond motifs is 1. The van der Waals surface area contributed by atoms with Crippen molar-refractivity contribution in [2.24, 2.45) is 11.8 Å². The third-order valence-electron chi connectivity index (χ3n) is 5.04. The van der Waals surface area contributed by atoms with Gasteiger partial charge in [0.1, 0.15) is 0 Å². The van der Waals surface area contributed by atoms with Gasteiger partial charge in [0.15, 0.2) is 0 Å². The number of rotatable bonds is 3. The number of benzene rings is 1. The van der Waals surface area contributed by atoms with E-state index in [0.717, 1.165) is 23.9 Å². The molecule has 0 aromatic heterocycles. The summed E-state index contributed by atoms with van der Waals surface area (Å²) in [5.41, 5.74) is 8.11. The summed E-state index contributed by atoms with van der Waals surface area (Å²) in [6.45, 7) is 3.85. The van der Waals surface area contributed by atoms with Crippen LogP contribution < -0.4 is 5.73 Å². The van der Waals surface area contributed by atoms with Gasteiger partial charge in [0.05, 0.1) is 0 Å². The zero-order valence-electron chi connectivity index (χ0n) is 11.9. The van der Waals surface area contributed by atoms with E-state index in [4.69, 9.17) is 5.73 Å². The number of hydrogen-bond acceptors (Lipinski definition) is 2. The number of nitrogens with zero attached hydrogens (tertiary/aromatic N) is 1. The van der Waals surface area contributed by atoms with Crippen LogP contribution in [0.15, 0.2) is 24.3 Å². The number of anilines is 1. The fraction of sp³-hybridized carbons (Fsp3) is 0.647. The van der Waals surface area contributed by atoms with Crippen LogP contribution in [0.4, 0.5) is 5.69 Å². The van der Waals surface area contributed by atoms with Crippen LogP contribution in [-0.2, 0) is 6.42 Å². The summed E-state index contributed by atoms with van der Waals surface area (Å²) in [5, 5.41) is 0. The fourth-order valence-electron chi connectivity index (χ4n) is 3.92. The maximum Gasteiger partial charge on any atom is 0.0316 e. The lowest BCUT2D eigenvalue weighted by Crippen LogP contribution is -2.42. The molecule has 2 atom stereocenters. The van der Waals surface area contributed by atoms with Crippen LogP contribution in [0, 0.1) is 11.8 Å². The van der Waals surface area contributed by atoms with Crippen molar-refractivity contribution < 1.29 is 0 Å². The smallest absolute Gasteiger partial charge is 0.0316 e. The Labute approximate surface area is 117 Å². The summed E-state index contributed by atoms with van der Waals surface area (Å²) in [6, 6.07) is 8.35. The molecule has 2 nitrogen and oxygen atoms in total. The van der Waals surface area contributed by atoms with Gasteiger partial charge in [0, 0.05) is 18.8 Å². The van der Waals surface area contributed by atoms with Crippen molar-refractivity contribution in [2.75, 3.05) is 25.4 Å². The Bertz CT molecular complexity index is 415. The van der Waals surface area contributed by atoms with E-state index >= 15 is 0 Å². The van der Waals surface area contributed by atoms with E-state index in [1.807, 2.05) is 6.07 Å². The second kappa shape index (κ2) is 5.96. The van der Waals surface area contributed by atoms with Crippen molar-refractivity contribution in [2.45, 2.75) is 38.5 Å². The van der Waals surface area contributed by atoms with E-state index in [-0.39, 0.29) is 0 Å². The third kappa shape index (κ3) is 3.30. The first-order chi connectivity index (χ1) is 9.31. The number of likely N-dealkylation sites (tertiary alicyclic amines) is 1. The van der Waals surface area contributed by atoms with Gasteiger partial charge in [-0.2, -0.15) is 0 Å². The maximum atomic E-state index is 5.84. The van der Waals surface area contributed by atoms with Gasteiger partial charge in [-0.3, -0.25) is 0 Å². The van der Waals surface area contributed by atoms with Crippen molar-refractivity contribution in [1.29, 1.82) is 0 Å². The van der Waals surface area contributed by atoms with Gasteiger partial charge in [-0.25, -0.2) is 0 Å². The highest BCUT2D eigenvalue weighted by Crippen LogP contribution is 2.35. The molecule has 0 spiro atoms. The molecule has 1 aliphatic carbocycles. The number of hydrogen-bond donors (Lipinski definition) is 1. The SMILES string of the molecule is Nc1cccc(CCN2CCC3CCCCC3C2)c1. The summed E-state index contributed by atoms with van der Waals surface area (Å²) in [4.78, 5) is 2.68. The number of piperidine rings is 1. The Balaban J connectivity index is 1.51. The minimum absolute atomic E-state index is 0.892. The molecule has 2 fully saturated rings. The lowest BCUT2D eigenvalue weighted by Gasteiger charge is -2.41. The molecule has 3 rings (SSSR count). The van der Waals surface area contributed by atoms with Crippen LogP contribution in [0.1, 0.15) is 37.7 Å². The Kier molecular flexibility index (Phi) is 4.07. The van der Waals surface area contributed by atoms with E-state index in [9.17, 15) is 0 Å². The van der Waals surface area contributed by atoms with Gasteiger partial charge in [0.2, 0.25) is 0 Å². The minimum Gasteiger partial charge on any atom is -0.399 e. The van der Waals surface area contributed by atoms with Crippen LogP contribution in [0.25, 0.3) is 0 Å². The molecule has 2 aliphatic rings. The highest BCUT2D eigenvalue weighted by Gasteiger charge is 2.30. The molecule has 104 valence electrons. The van der Waals surface area contributed by atoms with Crippen LogP contribution >= 0.6 is 0 Å². The molecular formula is C17H26N2. The zero-order valence-corrected chi connectivity index (χ0v) is 11.9. The van der Waals surface area contributed by atoms with Gasteiger partial charge in [-0.15, -0.1) is 0 Å². The van der Waals surface area contributed by atoms with Crippen molar-refractivity contribution in [3.63, 3.8) is 0 Å². The first kappa shape index (κ1) is 13.0. The second-order valence-electron chi connectivity index (χ2n) is 6.39.